The molecule has 40 heavy (non-hydrogen) atoms. The van der Waals surface area contributed by atoms with Gasteiger partial charge in [-0.1, -0.05) is 58.0 Å². The Balaban J connectivity index is 1.29. The van der Waals surface area contributed by atoms with Crippen molar-refractivity contribution in [1.82, 2.24) is 20.6 Å². The summed E-state index contributed by atoms with van der Waals surface area (Å²) in [6.45, 7) is 12.4. The second kappa shape index (κ2) is 10.9. The van der Waals surface area contributed by atoms with Crippen LogP contribution in [0.3, 0.4) is 0 Å². The molecule has 214 valence electrons. The van der Waals surface area contributed by atoms with Crippen LogP contribution in [0.2, 0.25) is 0 Å². The molecule has 4 aliphatic rings. The Morgan fingerprint density at radius 2 is 1.82 bits per heavy atom. The number of hydrogen-bond acceptors (Lipinski definition) is 7. The minimum atomic E-state index is -1.20. The maximum Gasteiger partial charge on any atom is 0.481 e. The number of carbonyl (C=O) groups is 2. The van der Waals surface area contributed by atoms with Gasteiger partial charge in [-0.15, -0.1) is 0 Å². The lowest BCUT2D eigenvalue weighted by molar-refractivity contribution is -0.199. The molecule has 0 unspecified atom stereocenters. The van der Waals surface area contributed by atoms with Gasteiger partial charge in [0.1, 0.15) is 11.7 Å². The highest BCUT2D eigenvalue weighted by molar-refractivity contribution is 6.48. The molecule has 1 aromatic heterocycles. The van der Waals surface area contributed by atoms with Crippen molar-refractivity contribution < 1.29 is 24.0 Å². The fraction of sp³-hybridized carbons (Fsp3) is 0.600. The van der Waals surface area contributed by atoms with Crippen LogP contribution in [0.1, 0.15) is 71.3 Å². The van der Waals surface area contributed by atoms with Crippen LogP contribution in [-0.4, -0.2) is 63.8 Å². The Labute approximate surface area is 237 Å². The van der Waals surface area contributed by atoms with Gasteiger partial charge in [-0.2, -0.15) is 0 Å². The van der Waals surface area contributed by atoms with E-state index in [4.69, 9.17) is 9.31 Å². The summed E-state index contributed by atoms with van der Waals surface area (Å²) in [5.41, 5.74) is 1.22. The van der Waals surface area contributed by atoms with Gasteiger partial charge in [0.05, 0.1) is 41.8 Å². The summed E-state index contributed by atoms with van der Waals surface area (Å²) in [5.74, 6) is -0.252. The van der Waals surface area contributed by atoms with Crippen molar-refractivity contribution in [2.24, 2.45) is 23.2 Å². The summed E-state index contributed by atoms with van der Waals surface area (Å²) < 4.78 is 13.1. The average molecular weight is 548 g/mol. The summed E-state index contributed by atoms with van der Waals surface area (Å²) in [5, 5.41) is 16.2. The molecule has 7 atom stereocenters. The van der Waals surface area contributed by atoms with E-state index in [2.05, 4.69) is 55.2 Å². The first-order valence-electron chi connectivity index (χ1n) is 14.4. The maximum absolute atomic E-state index is 13.5. The van der Waals surface area contributed by atoms with E-state index in [1.807, 2.05) is 30.3 Å². The smallest absolute Gasteiger partial charge is 0.404 e. The van der Waals surface area contributed by atoms with Crippen molar-refractivity contribution in [3.63, 3.8) is 0 Å². The zero-order valence-electron chi connectivity index (χ0n) is 24.3. The first kappa shape index (κ1) is 28.7. The second-order valence-electron chi connectivity index (χ2n) is 12.9. The monoisotopic (exact) mass is 548 g/mol. The van der Waals surface area contributed by atoms with E-state index < -0.39 is 42.6 Å². The summed E-state index contributed by atoms with van der Waals surface area (Å²) in [7, 11) is -0.602. The Kier molecular flexibility index (Phi) is 7.80. The largest absolute Gasteiger partial charge is 0.481 e. The maximum atomic E-state index is 13.5. The Morgan fingerprint density at radius 3 is 2.48 bits per heavy atom. The zero-order chi connectivity index (χ0) is 28.8. The quantitative estimate of drug-likeness (QED) is 0.411. The fourth-order valence-corrected chi connectivity index (χ4v) is 6.93. The minimum absolute atomic E-state index is 0.0106. The standard InChI is InChI=1S/C30H41BN4O5/c1-17(2)12-25(31-39-24-14-20-13-23(29(20,4)5)30(24,6)40-31)34-28(38)26(18(3)36)35-27(37)22-16-32-15-21(33-22)19-10-8-7-9-11-19/h7-11,15-18,20,23-26,36H,12-14H2,1-6H3,(H,34,38)(H,35,37)/t18-,20-,23+,24-,25+,26+,30+/m1/s1. The Bertz CT molecular complexity index is 1240. The third kappa shape index (κ3) is 5.29. The van der Waals surface area contributed by atoms with Gasteiger partial charge in [-0.3, -0.25) is 14.6 Å². The van der Waals surface area contributed by atoms with E-state index in [-0.39, 0.29) is 23.1 Å². The normalized spacial score (nSPS) is 28.7. The molecule has 4 fully saturated rings. The van der Waals surface area contributed by atoms with Crippen molar-refractivity contribution >= 4 is 18.9 Å². The molecule has 3 saturated carbocycles. The number of aliphatic hydroxyl groups is 1. The lowest BCUT2D eigenvalue weighted by Gasteiger charge is -2.64. The molecule has 0 radical (unpaired) electrons. The van der Waals surface area contributed by atoms with Gasteiger partial charge in [-0.25, -0.2) is 4.98 Å². The van der Waals surface area contributed by atoms with Gasteiger partial charge in [0.2, 0.25) is 5.91 Å². The van der Waals surface area contributed by atoms with Crippen LogP contribution in [-0.2, 0) is 14.1 Å². The highest BCUT2D eigenvalue weighted by atomic mass is 16.7. The van der Waals surface area contributed by atoms with Gasteiger partial charge >= 0.3 is 7.12 Å². The minimum Gasteiger partial charge on any atom is -0.404 e. The summed E-state index contributed by atoms with van der Waals surface area (Å²) in [6, 6.07) is 8.20. The van der Waals surface area contributed by atoms with Crippen molar-refractivity contribution in [3.05, 3.63) is 48.4 Å². The van der Waals surface area contributed by atoms with Crippen molar-refractivity contribution in [3.8, 4) is 11.3 Å². The number of aromatic nitrogens is 2. The number of nitrogens with zero attached hydrogens (tertiary/aromatic N) is 2. The Hall–Kier alpha value is -2.82. The first-order chi connectivity index (χ1) is 18.9. The van der Waals surface area contributed by atoms with Crippen LogP contribution < -0.4 is 10.6 Å². The fourth-order valence-electron chi connectivity index (χ4n) is 6.93. The SMILES string of the molecule is CC(C)C[C@H](NC(=O)[C@@H](NC(=O)c1cncc(-c2ccccc2)n1)[C@@H](C)O)B1O[C@@H]2C[C@H]3C[C@@H](C3(C)C)[C@]2(C)O1. The third-order valence-electron chi connectivity index (χ3n) is 9.34. The molecule has 1 saturated heterocycles. The number of rotatable bonds is 9. The van der Waals surface area contributed by atoms with E-state index in [9.17, 15) is 14.7 Å². The lowest BCUT2D eigenvalue weighted by atomic mass is 9.43. The van der Waals surface area contributed by atoms with E-state index in [1.54, 1.807) is 6.20 Å². The molecule has 3 N–H and O–H groups in total. The number of hydrogen-bond donors (Lipinski definition) is 3. The molecular formula is C30H41BN4O5. The third-order valence-corrected chi connectivity index (χ3v) is 9.34. The summed E-state index contributed by atoms with van der Waals surface area (Å²) in [4.78, 5) is 35.2. The van der Waals surface area contributed by atoms with Gasteiger partial charge < -0.3 is 25.0 Å². The van der Waals surface area contributed by atoms with Gasteiger partial charge in [-0.05, 0) is 56.3 Å². The van der Waals surface area contributed by atoms with Gasteiger partial charge in [0, 0.05) is 5.56 Å². The highest BCUT2D eigenvalue weighted by Crippen LogP contribution is 2.65. The summed E-state index contributed by atoms with van der Waals surface area (Å²) in [6.07, 6.45) is 4.48. The molecule has 2 amide bonds. The van der Waals surface area contributed by atoms with Crippen molar-refractivity contribution in [2.75, 3.05) is 0 Å². The van der Waals surface area contributed by atoms with Crippen LogP contribution in [0, 0.1) is 23.2 Å². The van der Waals surface area contributed by atoms with Crippen LogP contribution >= 0.6 is 0 Å². The van der Waals surface area contributed by atoms with Crippen molar-refractivity contribution in [1.29, 1.82) is 0 Å². The molecular weight excluding hydrogens is 507 g/mol. The molecule has 1 aromatic carbocycles. The highest BCUT2D eigenvalue weighted by Gasteiger charge is 2.68. The van der Waals surface area contributed by atoms with E-state index >= 15 is 0 Å². The molecule has 2 heterocycles. The molecule has 2 aromatic rings. The Morgan fingerprint density at radius 1 is 1.10 bits per heavy atom. The van der Waals surface area contributed by atoms with E-state index in [1.165, 1.54) is 13.1 Å². The second-order valence-corrected chi connectivity index (χ2v) is 12.9. The van der Waals surface area contributed by atoms with Gasteiger partial charge in [0.15, 0.2) is 0 Å². The summed E-state index contributed by atoms with van der Waals surface area (Å²) >= 11 is 0. The topological polar surface area (TPSA) is 123 Å². The number of carbonyl (C=O) groups excluding carboxylic acids is 2. The van der Waals surface area contributed by atoms with Crippen LogP contribution in [0.15, 0.2) is 42.7 Å². The molecule has 2 bridgehead atoms. The first-order valence-corrected chi connectivity index (χ1v) is 14.4. The average Bonchev–Trinajstić information content (AvgIpc) is 3.28. The molecule has 3 aliphatic carbocycles. The molecule has 9 nitrogen and oxygen atoms in total. The number of nitrogens with one attached hydrogen (secondary N) is 2. The number of aliphatic hydroxyl groups excluding tert-OH is 1. The van der Waals surface area contributed by atoms with E-state index in [0.717, 1.165) is 18.4 Å². The van der Waals surface area contributed by atoms with Crippen LogP contribution in [0.5, 0.6) is 0 Å². The zero-order valence-corrected chi connectivity index (χ0v) is 24.3. The van der Waals surface area contributed by atoms with Crippen LogP contribution in [0.4, 0.5) is 0 Å². The molecule has 0 spiro atoms. The van der Waals surface area contributed by atoms with E-state index in [0.29, 0.717) is 24.0 Å². The van der Waals surface area contributed by atoms with Crippen molar-refractivity contribution in [2.45, 2.75) is 90.6 Å². The molecule has 1 aliphatic heterocycles. The molecule has 10 heteroatoms. The lowest BCUT2D eigenvalue weighted by Crippen LogP contribution is -2.65. The number of amides is 2. The van der Waals surface area contributed by atoms with Crippen LogP contribution in [0.25, 0.3) is 11.3 Å². The predicted molar refractivity (Wildman–Crippen MR) is 152 cm³/mol. The number of benzene rings is 1. The predicted octanol–water partition coefficient (Wildman–Crippen LogP) is 3.42. The van der Waals surface area contributed by atoms with Gasteiger partial charge in [0.25, 0.3) is 5.91 Å². The molecule has 6 rings (SSSR count).